The maximum Gasteiger partial charge on any atom is 0.188 e. The van der Waals surface area contributed by atoms with Crippen LogP contribution in [0.15, 0.2) is 36.7 Å². The molecule has 0 aliphatic heterocycles. The molecule has 0 saturated carbocycles. The van der Waals surface area contributed by atoms with Crippen LogP contribution in [-0.4, -0.2) is 39.7 Å². The van der Waals surface area contributed by atoms with E-state index >= 15 is 0 Å². The number of rotatable bonds is 2. The monoisotopic (exact) mass is 397 g/mol. The predicted molar refractivity (Wildman–Crippen MR) is 107 cm³/mol. The zero-order valence-corrected chi connectivity index (χ0v) is 17.1. The highest BCUT2D eigenvalue weighted by molar-refractivity contribution is 5.60. The van der Waals surface area contributed by atoms with E-state index in [1.807, 2.05) is 13.0 Å². The van der Waals surface area contributed by atoms with Crippen molar-refractivity contribution in [1.82, 2.24) is 34.6 Å². The molecule has 29 heavy (non-hydrogen) atoms. The third-order valence-electron chi connectivity index (χ3n) is 4.45. The molecule has 0 unspecified atom stereocenters. The minimum absolute atomic E-state index is 0.0249. The Morgan fingerprint density at radius 3 is 2.41 bits per heavy atom. The molecule has 9 heteroatoms. The number of benzene rings is 1. The molecule has 3 heterocycles. The first-order valence-corrected chi connectivity index (χ1v) is 9.14. The molecule has 4 rings (SSSR count). The molecular formula is C20H24FN7O. The highest BCUT2D eigenvalue weighted by Gasteiger charge is 2.21. The summed E-state index contributed by atoms with van der Waals surface area (Å²) in [5.74, 6) is 0.683. The Morgan fingerprint density at radius 1 is 1.14 bits per heavy atom. The van der Waals surface area contributed by atoms with E-state index in [0.29, 0.717) is 22.9 Å². The van der Waals surface area contributed by atoms with Gasteiger partial charge in [-0.05, 0) is 36.1 Å². The summed E-state index contributed by atoms with van der Waals surface area (Å²) in [6.07, 6.45) is 1.41. The highest BCUT2D eigenvalue weighted by Crippen LogP contribution is 2.27. The Balaban J connectivity index is 0.000000252. The van der Waals surface area contributed by atoms with Gasteiger partial charge >= 0.3 is 0 Å². The van der Waals surface area contributed by atoms with E-state index in [9.17, 15) is 4.39 Å². The molecule has 0 atom stereocenters. The van der Waals surface area contributed by atoms with Crippen LogP contribution in [0.2, 0.25) is 0 Å². The van der Waals surface area contributed by atoms with E-state index < -0.39 is 0 Å². The summed E-state index contributed by atoms with van der Waals surface area (Å²) in [5.41, 5.74) is 3.02. The van der Waals surface area contributed by atoms with Crippen LogP contribution in [0.1, 0.15) is 37.9 Å². The highest BCUT2D eigenvalue weighted by atomic mass is 19.1. The van der Waals surface area contributed by atoms with Gasteiger partial charge in [0.15, 0.2) is 17.3 Å². The van der Waals surface area contributed by atoms with E-state index in [2.05, 4.69) is 46.1 Å². The molecule has 0 amide bonds. The minimum atomic E-state index is -0.328. The summed E-state index contributed by atoms with van der Waals surface area (Å²) in [6.45, 7) is 8.28. The lowest BCUT2D eigenvalue weighted by atomic mass is 9.86. The number of aryl methyl sites for hydroxylation is 2. The number of hydrogen-bond donors (Lipinski definition) is 1. The van der Waals surface area contributed by atoms with Crippen molar-refractivity contribution in [2.75, 3.05) is 0 Å². The molecular weight excluding hydrogens is 373 g/mol. The molecule has 0 fully saturated rings. The van der Waals surface area contributed by atoms with Gasteiger partial charge < -0.3 is 5.11 Å². The van der Waals surface area contributed by atoms with Gasteiger partial charge in [0.2, 0.25) is 0 Å². The van der Waals surface area contributed by atoms with E-state index in [-0.39, 0.29) is 17.8 Å². The second-order valence-electron chi connectivity index (χ2n) is 7.62. The summed E-state index contributed by atoms with van der Waals surface area (Å²) in [6, 6.07) is 8.49. The van der Waals surface area contributed by atoms with E-state index in [4.69, 9.17) is 5.11 Å². The van der Waals surface area contributed by atoms with Crippen molar-refractivity contribution in [3.05, 3.63) is 59.6 Å². The third-order valence-corrected chi connectivity index (χ3v) is 4.45. The molecule has 152 valence electrons. The van der Waals surface area contributed by atoms with Gasteiger partial charge in [0, 0.05) is 7.05 Å². The van der Waals surface area contributed by atoms with E-state index in [0.717, 1.165) is 11.3 Å². The quantitative estimate of drug-likeness (QED) is 0.559. The average molecular weight is 397 g/mol. The molecule has 4 aromatic rings. The molecule has 8 nitrogen and oxygen atoms in total. The number of halogens is 1. The number of aliphatic hydroxyl groups is 1. The van der Waals surface area contributed by atoms with Gasteiger partial charge in [0.25, 0.3) is 0 Å². The number of fused-ring (bicyclic) bond motifs is 1. The molecule has 0 bridgehead atoms. The molecule has 0 radical (unpaired) electrons. The molecule has 1 N–H and O–H groups in total. The third kappa shape index (κ3) is 4.29. The first-order valence-electron chi connectivity index (χ1n) is 9.14. The van der Waals surface area contributed by atoms with Crippen LogP contribution >= 0.6 is 0 Å². The van der Waals surface area contributed by atoms with Gasteiger partial charge in [-0.25, -0.2) is 9.37 Å². The number of nitrogens with zero attached hydrogens (tertiary/aromatic N) is 7. The van der Waals surface area contributed by atoms with Crippen LogP contribution in [-0.2, 0) is 19.1 Å². The molecule has 0 spiro atoms. The lowest BCUT2D eigenvalue weighted by Gasteiger charge is -2.20. The molecule has 0 aliphatic rings. The van der Waals surface area contributed by atoms with Crippen LogP contribution in [0.25, 0.3) is 17.0 Å². The Bertz CT molecular complexity index is 1130. The fourth-order valence-electron chi connectivity index (χ4n) is 2.95. The Hall–Kier alpha value is -3.20. The largest absolute Gasteiger partial charge is 0.388 e. The fourth-order valence-corrected chi connectivity index (χ4v) is 2.95. The lowest BCUT2D eigenvalue weighted by molar-refractivity contribution is 0.265. The van der Waals surface area contributed by atoms with Gasteiger partial charge in [-0.2, -0.15) is 14.7 Å². The minimum Gasteiger partial charge on any atom is -0.388 e. The first-order chi connectivity index (χ1) is 13.7. The van der Waals surface area contributed by atoms with Gasteiger partial charge in [-0.3, -0.25) is 4.68 Å². The van der Waals surface area contributed by atoms with Crippen molar-refractivity contribution in [1.29, 1.82) is 0 Å². The standard InChI is InChI=1S/C16H17FN4.C4H7N3O/c1-10-12(16(2,3)4)9-14-18-19-15(21(14)20-10)11-7-5-6-8-13(11)17;1-7-4(2-8)5-3-6-7/h5-9H,1-4H3;3,8H,2H2,1H3. The second-order valence-corrected chi connectivity index (χ2v) is 7.62. The Kier molecular flexibility index (Phi) is 5.69. The molecule has 3 aromatic heterocycles. The van der Waals surface area contributed by atoms with Crippen molar-refractivity contribution < 1.29 is 9.50 Å². The summed E-state index contributed by atoms with van der Waals surface area (Å²) in [4.78, 5) is 3.74. The Labute approximate surface area is 168 Å². The van der Waals surface area contributed by atoms with Crippen molar-refractivity contribution >= 4 is 5.65 Å². The second kappa shape index (κ2) is 8.04. The van der Waals surface area contributed by atoms with Gasteiger partial charge in [-0.1, -0.05) is 32.9 Å². The zero-order chi connectivity index (χ0) is 21.2. The van der Waals surface area contributed by atoms with Crippen LogP contribution in [0.3, 0.4) is 0 Å². The van der Waals surface area contributed by atoms with E-state index in [1.165, 1.54) is 17.1 Å². The predicted octanol–water partition coefficient (Wildman–Crippen LogP) is 2.84. The number of aliphatic hydroxyl groups excluding tert-OH is 1. The fraction of sp³-hybridized carbons (Fsp3) is 0.350. The smallest absolute Gasteiger partial charge is 0.188 e. The van der Waals surface area contributed by atoms with Crippen LogP contribution < -0.4 is 0 Å². The maximum absolute atomic E-state index is 13.9. The van der Waals surface area contributed by atoms with Crippen molar-refractivity contribution in [2.24, 2.45) is 7.05 Å². The van der Waals surface area contributed by atoms with E-state index in [1.54, 1.807) is 29.8 Å². The van der Waals surface area contributed by atoms with Crippen molar-refractivity contribution in [3.63, 3.8) is 0 Å². The SMILES string of the molecule is Cc1nn2c(-c3ccccc3F)nnc2cc1C(C)(C)C.Cn1ncnc1CO. The molecule has 1 aromatic carbocycles. The molecule has 0 saturated heterocycles. The van der Waals surface area contributed by atoms with Gasteiger partial charge in [-0.15, -0.1) is 10.2 Å². The number of aromatic nitrogens is 7. The van der Waals surface area contributed by atoms with Crippen molar-refractivity contribution in [3.8, 4) is 11.4 Å². The lowest BCUT2D eigenvalue weighted by Crippen LogP contribution is -2.15. The summed E-state index contributed by atoms with van der Waals surface area (Å²) >= 11 is 0. The Morgan fingerprint density at radius 2 is 1.86 bits per heavy atom. The van der Waals surface area contributed by atoms with Crippen molar-refractivity contribution in [2.45, 2.75) is 39.7 Å². The average Bonchev–Trinajstić information content (AvgIpc) is 3.26. The maximum atomic E-state index is 13.9. The summed E-state index contributed by atoms with van der Waals surface area (Å²) < 4.78 is 17.1. The van der Waals surface area contributed by atoms with Crippen LogP contribution in [0.4, 0.5) is 4.39 Å². The van der Waals surface area contributed by atoms with Crippen LogP contribution in [0.5, 0.6) is 0 Å². The van der Waals surface area contributed by atoms with Gasteiger partial charge in [0.05, 0.1) is 11.3 Å². The first kappa shape index (κ1) is 20.5. The summed E-state index contributed by atoms with van der Waals surface area (Å²) in [5, 5.41) is 25.0. The van der Waals surface area contributed by atoms with Gasteiger partial charge in [0.1, 0.15) is 18.8 Å². The number of hydrogen-bond acceptors (Lipinski definition) is 6. The molecule has 0 aliphatic carbocycles. The zero-order valence-electron chi connectivity index (χ0n) is 17.1. The topological polar surface area (TPSA) is 94.0 Å². The van der Waals surface area contributed by atoms with Crippen LogP contribution in [0, 0.1) is 12.7 Å². The summed E-state index contributed by atoms with van der Waals surface area (Å²) in [7, 11) is 1.73. The normalized spacial score (nSPS) is 11.4.